The van der Waals surface area contributed by atoms with Crippen LogP contribution in [0.15, 0.2) is 30.3 Å². The fraction of sp³-hybridized carbons (Fsp3) is 0.526. The van der Waals surface area contributed by atoms with Crippen LogP contribution in [0.25, 0.3) is 0 Å². The number of carboxylic acid groups (broad SMARTS) is 1. The number of carboxylic acids is 1. The normalized spacial score (nSPS) is 16.3. The molecule has 0 radical (unpaired) electrons. The number of benzene rings is 1. The molecule has 0 bridgehead atoms. The summed E-state index contributed by atoms with van der Waals surface area (Å²) < 4.78 is 0. The molecule has 2 amide bonds. The molecule has 1 aromatic carbocycles. The Labute approximate surface area is 148 Å². The molecule has 1 aliphatic rings. The van der Waals surface area contributed by atoms with Crippen LogP contribution in [0.1, 0.15) is 49.4 Å². The number of nitrogens with one attached hydrogen (secondary N) is 1. The highest BCUT2D eigenvalue weighted by molar-refractivity contribution is 5.94. The molecule has 1 fully saturated rings. The molecule has 6 nitrogen and oxygen atoms in total. The first-order valence-electron chi connectivity index (χ1n) is 8.90. The Kier molecular flexibility index (Phi) is 6.98. The summed E-state index contributed by atoms with van der Waals surface area (Å²) >= 11 is 0. The van der Waals surface area contributed by atoms with Crippen LogP contribution in [-0.2, 0) is 9.59 Å². The molecule has 0 unspecified atom stereocenters. The number of carbonyl (C=O) groups is 3. The average molecular weight is 346 g/mol. The number of piperidine rings is 1. The van der Waals surface area contributed by atoms with Crippen LogP contribution in [-0.4, -0.2) is 46.9 Å². The van der Waals surface area contributed by atoms with Gasteiger partial charge in [-0.15, -0.1) is 0 Å². The Hall–Kier alpha value is -2.37. The third-order valence-electron chi connectivity index (χ3n) is 4.63. The van der Waals surface area contributed by atoms with Crippen LogP contribution in [0.5, 0.6) is 0 Å². The monoisotopic (exact) mass is 346 g/mol. The standard InChI is InChI=1S/C19H26N2O4/c1-2-3-9-16(19(24)25)20-17(22)14-10-12-21(13-11-14)18(23)15-7-5-4-6-8-15/h4-8,14,16H,2-3,9-13H2,1H3,(H,20,22)(H,24,25)/t16-/m0/s1. The van der Waals surface area contributed by atoms with Gasteiger partial charge < -0.3 is 15.3 Å². The third-order valence-corrected chi connectivity index (χ3v) is 4.63. The number of likely N-dealkylation sites (tertiary alicyclic amines) is 1. The second-order valence-corrected chi connectivity index (χ2v) is 6.47. The summed E-state index contributed by atoms with van der Waals surface area (Å²) in [6.07, 6.45) is 3.22. The fourth-order valence-corrected chi connectivity index (χ4v) is 3.06. The minimum Gasteiger partial charge on any atom is -0.480 e. The van der Waals surface area contributed by atoms with Gasteiger partial charge in [0.25, 0.3) is 5.91 Å². The van der Waals surface area contributed by atoms with Crippen molar-refractivity contribution in [2.45, 2.75) is 45.1 Å². The maximum atomic E-state index is 12.4. The van der Waals surface area contributed by atoms with Crippen molar-refractivity contribution in [3.63, 3.8) is 0 Å². The Morgan fingerprint density at radius 2 is 1.84 bits per heavy atom. The van der Waals surface area contributed by atoms with Crippen molar-refractivity contribution in [3.05, 3.63) is 35.9 Å². The van der Waals surface area contributed by atoms with E-state index in [2.05, 4.69) is 5.32 Å². The number of carbonyl (C=O) groups excluding carboxylic acids is 2. The van der Waals surface area contributed by atoms with Crippen molar-refractivity contribution in [1.29, 1.82) is 0 Å². The highest BCUT2D eigenvalue weighted by atomic mass is 16.4. The lowest BCUT2D eigenvalue weighted by molar-refractivity contribution is -0.143. The molecule has 1 aliphatic heterocycles. The Morgan fingerprint density at radius 1 is 1.20 bits per heavy atom. The zero-order valence-electron chi connectivity index (χ0n) is 14.6. The van der Waals surface area contributed by atoms with E-state index in [-0.39, 0.29) is 17.7 Å². The molecule has 2 rings (SSSR count). The van der Waals surface area contributed by atoms with Crippen molar-refractivity contribution >= 4 is 17.8 Å². The van der Waals surface area contributed by atoms with Gasteiger partial charge in [0.1, 0.15) is 6.04 Å². The van der Waals surface area contributed by atoms with Gasteiger partial charge in [0.15, 0.2) is 0 Å². The van der Waals surface area contributed by atoms with Gasteiger partial charge in [0.05, 0.1) is 0 Å². The van der Waals surface area contributed by atoms with Crippen LogP contribution in [0, 0.1) is 5.92 Å². The van der Waals surface area contributed by atoms with Crippen LogP contribution in [0.3, 0.4) is 0 Å². The summed E-state index contributed by atoms with van der Waals surface area (Å²) in [5.41, 5.74) is 0.649. The first kappa shape index (κ1) is 19.0. The van der Waals surface area contributed by atoms with Gasteiger partial charge in [-0.1, -0.05) is 38.0 Å². The Bertz CT molecular complexity index is 595. The lowest BCUT2D eigenvalue weighted by Gasteiger charge is -2.32. The molecule has 1 aromatic rings. The van der Waals surface area contributed by atoms with Gasteiger partial charge in [-0.3, -0.25) is 9.59 Å². The third kappa shape index (κ3) is 5.31. The van der Waals surface area contributed by atoms with Gasteiger partial charge in [-0.2, -0.15) is 0 Å². The smallest absolute Gasteiger partial charge is 0.326 e. The van der Waals surface area contributed by atoms with Crippen LogP contribution < -0.4 is 5.32 Å². The van der Waals surface area contributed by atoms with Crippen molar-refractivity contribution < 1.29 is 19.5 Å². The minimum atomic E-state index is -0.988. The maximum Gasteiger partial charge on any atom is 0.326 e. The van der Waals surface area contributed by atoms with E-state index < -0.39 is 12.0 Å². The number of nitrogens with zero attached hydrogens (tertiary/aromatic N) is 1. The van der Waals surface area contributed by atoms with Gasteiger partial charge in [-0.25, -0.2) is 4.79 Å². The molecular formula is C19H26N2O4. The zero-order valence-corrected chi connectivity index (χ0v) is 14.6. The van der Waals surface area contributed by atoms with Crippen LogP contribution in [0.2, 0.25) is 0 Å². The van der Waals surface area contributed by atoms with Gasteiger partial charge in [0.2, 0.25) is 5.91 Å². The summed E-state index contributed by atoms with van der Waals surface area (Å²) in [5.74, 6) is -1.46. The number of rotatable bonds is 7. The number of amides is 2. The molecule has 1 saturated heterocycles. The topological polar surface area (TPSA) is 86.7 Å². The molecule has 1 atom stereocenters. The summed E-state index contributed by atoms with van der Waals surface area (Å²) in [7, 11) is 0. The van der Waals surface area contributed by atoms with Crippen molar-refractivity contribution in [1.82, 2.24) is 10.2 Å². The molecule has 0 spiro atoms. The number of hydrogen-bond acceptors (Lipinski definition) is 3. The minimum absolute atomic E-state index is 0.0224. The predicted octanol–water partition coefficient (Wildman–Crippen LogP) is 2.30. The lowest BCUT2D eigenvalue weighted by Crippen LogP contribution is -2.47. The fourth-order valence-electron chi connectivity index (χ4n) is 3.06. The summed E-state index contributed by atoms with van der Waals surface area (Å²) in [6.45, 7) is 3.01. The van der Waals surface area contributed by atoms with Crippen LogP contribution in [0.4, 0.5) is 0 Å². The highest BCUT2D eigenvalue weighted by Gasteiger charge is 2.30. The SMILES string of the molecule is CCCC[C@H](NC(=O)C1CCN(C(=O)c2ccccc2)CC1)C(=O)O. The number of hydrogen-bond donors (Lipinski definition) is 2. The van der Waals surface area contributed by atoms with Crippen LogP contribution >= 0.6 is 0 Å². The first-order chi connectivity index (χ1) is 12.0. The summed E-state index contributed by atoms with van der Waals surface area (Å²) in [5, 5.41) is 11.9. The van der Waals surface area contributed by atoms with E-state index in [1.807, 2.05) is 25.1 Å². The lowest BCUT2D eigenvalue weighted by atomic mass is 9.94. The number of aliphatic carboxylic acids is 1. The Balaban J connectivity index is 1.85. The maximum absolute atomic E-state index is 12.4. The van der Waals surface area contributed by atoms with E-state index in [1.54, 1.807) is 17.0 Å². The zero-order chi connectivity index (χ0) is 18.2. The van der Waals surface area contributed by atoms with Crippen molar-refractivity contribution in [2.75, 3.05) is 13.1 Å². The molecule has 0 saturated carbocycles. The predicted molar refractivity (Wildman–Crippen MR) is 94.2 cm³/mol. The van der Waals surface area contributed by atoms with E-state index in [0.29, 0.717) is 37.9 Å². The second-order valence-electron chi connectivity index (χ2n) is 6.47. The van der Waals surface area contributed by atoms with Gasteiger partial charge >= 0.3 is 5.97 Å². The van der Waals surface area contributed by atoms with E-state index >= 15 is 0 Å². The first-order valence-corrected chi connectivity index (χ1v) is 8.90. The molecule has 0 aromatic heterocycles. The molecule has 2 N–H and O–H groups in total. The van der Waals surface area contributed by atoms with E-state index in [9.17, 15) is 19.5 Å². The Morgan fingerprint density at radius 3 is 2.40 bits per heavy atom. The molecule has 1 heterocycles. The molecule has 25 heavy (non-hydrogen) atoms. The average Bonchev–Trinajstić information content (AvgIpc) is 2.65. The van der Waals surface area contributed by atoms with Gasteiger partial charge in [-0.05, 0) is 31.4 Å². The summed E-state index contributed by atoms with van der Waals surface area (Å²) in [6, 6.07) is 8.27. The van der Waals surface area contributed by atoms with E-state index in [4.69, 9.17) is 0 Å². The molecule has 136 valence electrons. The van der Waals surface area contributed by atoms with E-state index in [0.717, 1.165) is 12.8 Å². The highest BCUT2D eigenvalue weighted by Crippen LogP contribution is 2.20. The molecular weight excluding hydrogens is 320 g/mol. The van der Waals surface area contributed by atoms with Gasteiger partial charge in [0, 0.05) is 24.6 Å². The molecule has 6 heteroatoms. The second kappa shape index (κ2) is 9.20. The van der Waals surface area contributed by atoms with Crippen molar-refractivity contribution in [2.24, 2.45) is 5.92 Å². The molecule has 0 aliphatic carbocycles. The quantitative estimate of drug-likeness (QED) is 0.793. The summed E-state index contributed by atoms with van der Waals surface area (Å²) in [4.78, 5) is 37.8. The largest absolute Gasteiger partial charge is 0.480 e. The number of unbranched alkanes of at least 4 members (excludes halogenated alkanes) is 1. The van der Waals surface area contributed by atoms with Crippen molar-refractivity contribution in [3.8, 4) is 0 Å². The van der Waals surface area contributed by atoms with E-state index in [1.165, 1.54) is 0 Å².